The molecule has 2 aliphatic rings. The lowest BCUT2D eigenvalue weighted by atomic mass is 9.85. The van der Waals surface area contributed by atoms with Crippen molar-refractivity contribution in [2.24, 2.45) is 5.41 Å². The molecule has 2 aromatic rings. The van der Waals surface area contributed by atoms with Crippen molar-refractivity contribution in [1.82, 2.24) is 10.2 Å². The van der Waals surface area contributed by atoms with Crippen molar-refractivity contribution in [3.8, 4) is 11.1 Å². The molecule has 8 heteroatoms. The summed E-state index contributed by atoms with van der Waals surface area (Å²) in [6.07, 6.45) is -0.871. The fourth-order valence-corrected chi connectivity index (χ4v) is 5.02. The Morgan fingerprint density at radius 1 is 1.06 bits per heavy atom. The summed E-state index contributed by atoms with van der Waals surface area (Å²) in [6.45, 7) is 5.74. The van der Waals surface area contributed by atoms with E-state index in [1.165, 1.54) is 12.0 Å². The molecule has 35 heavy (non-hydrogen) atoms. The molecular formula is C27H32N2O6. The van der Waals surface area contributed by atoms with Crippen molar-refractivity contribution in [1.29, 1.82) is 0 Å². The molecule has 1 fully saturated rings. The maximum absolute atomic E-state index is 13.4. The van der Waals surface area contributed by atoms with Crippen LogP contribution < -0.4 is 5.32 Å². The Labute approximate surface area is 205 Å². The molecule has 2 N–H and O–H groups in total. The Morgan fingerprint density at radius 2 is 1.63 bits per heavy atom. The molecule has 1 heterocycles. The number of fused-ring (bicyclic) bond motifs is 3. The molecule has 1 saturated heterocycles. The van der Waals surface area contributed by atoms with Gasteiger partial charge in [0.1, 0.15) is 18.7 Å². The van der Waals surface area contributed by atoms with Gasteiger partial charge in [-0.15, -0.1) is 0 Å². The lowest BCUT2D eigenvalue weighted by Gasteiger charge is -2.34. The summed E-state index contributed by atoms with van der Waals surface area (Å²) in [5.41, 5.74) is 3.77. The topological polar surface area (TPSA) is 105 Å². The van der Waals surface area contributed by atoms with Gasteiger partial charge >= 0.3 is 12.1 Å². The fourth-order valence-electron chi connectivity index (χ4n) is 5.02. The van der Waals surface area contributed by atoms with Crippen LogP contribution in [0, 0.1) is 5.41 Å². The summed E-state index contributed by atoms with van der Waals surface area (Å²) >= 11 is 0. The van der Waals surface area contributed by atoms with Gasteiger partial charge in [0.15, 0.2) is 0 Å². The number of carboxylic acid groups (broad SMARTS) is 1. The second kappa shape index (κ2) is 9.70. The number of amides is 2. The standard InChI is InChI=1S/C27H32N2O6/c1-27(2,3)23(24(30)29-14-16(34-4)13-22(29)25(31)32)28-26(33)35-15-21-19-11-7-5-9-17(19)18-10-6-8-12-20(18)21/h5-12,16,21-23H,13-15H2,1-4H3,(H,28,33)(H,31,32)/t16?,22?,23-/m0/s1. The molecule has 0 aromatic heterocycles. The largest absolute Gasteiger partial charge is 0.480 e. The van der Waals surface area contributed by atoms with Crippen LogP contribution in [0.15, 0.2) is 48.5 Å². The number of carbonyl (C=O) groups is 3. The van der Waals surface area contributed by atoms with E-state index < -0.39 is 35.5 Å². The minimum atomic E-state index is -1.09. The highest BCUT2D eigenvalue weighted by atomic mass is 16.5. The van der Waals surface area contributed by atoms with Gasteiger partial charge in [-0.05, 0) is 27.7 Å². The summed E-state index contributed by atoms with van der Waals surface area (Å²) in [5.74, 6) is -1.65. The van der Waals surface area contributed by atoms with Crippen molar-refractivity contribution in [2.75, 3.05) is 20.3 Å². The monoisotopic (exact) mass is 480 g/mol. The van der Waals surface area contributed by atoms with Crippen molar-refractivity contribution in [3.05, 3.63) is 59.7 Å². The van der Waals surface area contributed by atoms with Gasteiger partial charge in [-0.3, -0.25) is 4.79 Å². The minimum absolute atomic E-state index is 0.102. The number of ether oxygens (including phenoxy) is 2. The SMILES string of the molecule is COC1CC(C(=O)O)N(C(=O)[C@H](NC(=O)OCC2c3ccccc3-c3ccccc32)C(C)(C)C)C1. The van der Waals surface area contributed by atoms with Crippen molar-refractivity contribution in [2.45, 2.75) is 51.3 Å². The highest BCUT2D eigenvalue weighted by Crippen LogP contribution is 2.44. The van der Waals surface area contributed by atoms with Crippen molar-refractivity contribution in [3.63, 3.8) is 0 Å². The Bertz CT molecular complexity index is 1080. The normalized spacial score (nSPS) is 20.2. The molecule has 0 saturated carbocycles. The zero-order valence-corrected chi connectivity index (χ0v) is 20.5. The van der Waals surface area contributed by atoms with Gasteiger partial charge in [-0.2, -0.15) is 0 Å². The van der Waals surface area contributed by atoms with Crippen LogP contribution in [0.5, 0.6) is 0 Å². The average Bonchev–Trinajstić information content (AvgIpc) is 3.40. The van der Waals surface area contributed by atoms with E-state index in [-0.39, 0.29) is 31.6 Å². The lowest BCUT2D eigenvalue weighted by Crippen LogP contribution is -2.57. The maximum atomic E-state index is 13.4. The van der Waals surface area contributed by atoms with E-state index >= 15 is 0 Å². The van der Waals surface area contributed by atoms with Gasteiger partial charge in [0.25, 0.3) is 0 Å². The van der Waals surface area contributed by atoms with E-state index in [1.807, 2.05) is 57.2 Å². The number of nitrogens with zero attached hydrogens (tertiary/aromatic N) is 1. The molecule has 186 valence electrons. The summed E-state index contributed by atoms with van der Waals surface area (Å²) < 4.78 is 10.9. The van der Waals surface area contributed by atoms with E-state index in [0.29, 0.717) is 0 Å². The first-order valence-electron chi connectivity index (χ1n) is 11.8. The van der Waals surface area contributed by atoms with Crippen LogP contribution >= 0.6 is 0 Å². The summed E-state index contributed by atoms with van der Waals surface area (Å²) in [6, 6.07) is 14.1. The number of aliphatic carboxylic acids is 1. The predicted molar refractivity (Wildman–Crippen MR) is 130 cm³/mol. The predicted octanol–water partition coefficient (Wildman–Crippen LogP) is 3.64. The van der Waals surface area contributed by atoms with Gasteiger partial charge in [0.05, 0.1) is 6.10 Å². The molecule has 8 nitrogen and oxygen atoms in total. The first-order valence-corrected chi connectivity index (χ1v) is 11.8. The number of carboxylic acids is 1. The molecule has 2 unspecified atom stereocenters. The Kier molecular flexibility index (Phi) is 6.85. The summed E-state index contributed by atoms with van der Waals surface area (Å²) in [4.78, 5) is 39.4. The highest BCUT2D eigenvalue weighted by molar-refractivity contribution is 5.90. The molecule has 2 amide bonds. The fraction of sp³-hybridized carbons (Fsp3) is 0.444. The average molecular weight is 481 g/mol. The highest BCUT2D eigenvalue weighted by Gasteiger charge is 2.45. The molecule has 1 aliphatic heterocycles. The number of hydrogen-bond acceptors (Lipinski definition) is 5. The van der Waals surface area contributed by atoms with E-state index in [1.54, 1.807) is 0 Å². The first kappa shape index (κ1) is 24.7. The van der Waals surface area contributed by atoms with Crippen molar-refractivity contribution < 1.29 is 29.0 Å². The van der Waals surface area contributed by atoms with E-state index in [4.69, 9.17) is 9.47 Å². The zero-order chi connectivity index (χ0) is 25.3. The van der Waals surface area contributed by atoms with Crippen LogP contribution in [0.25, 0.3) is 11.1 Å². The molecule has 4 rings (SSSR count). The number of benzene rings is 2. The number of alkyl carbamates (subject to hydrolysis) is 1. The molecule has 0 radical (unpaired) electrons. The molecule has 0 bridgehead atoms. The van der Waals surface area contributed by atoms with Crippen LogP contribution in [0.2, 0.25) is 0 Å². The third kappa shape index (κ3) is 4.89. The second-order valence-electron chi connectivity index (χ2n) is 10.2. The van der Waals surface area contributed by atoms with Gasteiger partial charge in [0, 0.05) is 26.0 Å². The van der Waals surface area contributed by atoms with Crippen molar-refractivity contribution >= 4 is 18.0 Å². The number of rotatable bonds is 6. The Balaban J connectivity index is 1.48. The number of hydrogen-bond donors (Lipinski definition) is 2. The van der Waals surface area contributed by atoms with E-state index in [2.05, 4.69) is 17.4 Å². The molecule has 0 spiro atoms. The molecule has 1 aliphatic carbocycles. The Hall–Kier alpha value is -3.39. The smallest absolute Gasteiger partial charge is 0.407 e. The van der Waals surface area contributed by atoms with E-state index in [0.717, 1.165) is 22.3 Å². The minimum Gasteiger partial charge on any atom is -0.480 e. The second-order valence-corrected chi connectivity index (χ2v) is 10.2. The lowest BCUT2D eigenvalue weighted by molar-refractivity contribution is -0.150. The van der Waals surface area contributed by atoms with Crippen LogP contribution in [0.1, 0.15) is 44.2 Å². The van der Waals surface area contributed by atoms with Crippen LogP contribution in [0.3, 0.4) is 0 Å². The van der Waals surface area contributed by atoms with Crippen LogP contribution in [-0.4, -0.2) is 66.4 Å². The first-order chi connectivity index (χ1) is 16.6. The molecule has 3 atom stereocenters. The summed E-state index contributed by atoms with van der Waals surface area (Å²) in [5, 5.41) is 12.3. The van der Waals surface area contributed by atoms with E-state index in [9.17, 15) is 19.5 Å². The van der Waals surface area contributed by atoms with Gasteiger partial charge < -0.3 is 24.8 Å². The number of carbonyl (C=O) groups excluding carboxylic acids is 2. The van der Waals surface area contributed by atoms with Crippen LogP contribution in [0.4, 0.5) is 4.79 Å². The van der Waals surface area contributed by atoms with Gasteiger partial charge in [-0.25, -0.2) is 9.59 Å². The molecule has 2 aromatic carbocycles. The Morgan fingerprint density at radius 3 is 2.14 bits per heavy atom. The van der Waals surface area contributed by atoms with Crippen LogP contribution in [-0.2, 0) is 19.1 Å². The quantitative estimate of drug-likeness (QED) is 0.654. The summed E-state index contributed by atoms with van der Waals surface area (Å²) in [7, 11) is 1.49. The molecular weight excluding hydrogens is 448 g/mol. The third-order valence-electron chi connectivity index (χ3n) is 6.88. The number of likely N-dealkylation sites (tertiary alicyclic amines) is 1. The van der Waals surface area contributed by atoms with Gasteiger partial charge in [0.2, 0.25) is 5.91 Å². The maximum Gasteiger partial charge on any atom is 0.407 e. The number of nitrogens with one attached hydrogen (secondary N) is 1. The third-order valence-corrected chi connectivity index (χ3v) is 6.88. The zero-order valence-electron chi connectivity index (χ0n) is 20.5. The number of methoxy groups -OCH3 is 1. The van der Waals surface area contributed by atoms with Gasteiger partial charge in [-0.1, -0.05) is 69.3 Å².